The van der Waals surface area contributed by atoms with E-state index in [0.717, 1.165) is 0 Å². The maximum Gasteiger partial charge on any atom is -0.00203 e. The van der Waals surface area contributed by atoms with Crippen molar-refractivity contribution in [2.75, 3.05) is 0 Å². The monoisotopic (exact) mass is 382 g/mol. The summed E-state index contributed by atoms with van der Waals surface area (Å²) in [6.07, 6.45) is 0. The summed E-state index contributed by atoms with van der Waals surface area (Å²) >= 11 is 0. The minimum Gasteiger partial charge on any atom is -0.0622 e. The average molecular weight is 383 g/mol. The minimum absolute atomic E-state index is 1.27. The zero-order chi connectivity index (χ0) is 20.2. The first-order valence-electron chi connectivity index (χ1n) is 10.5. The molecule has 0 amide bonds. The third-order valence-corrected chi connectivity index (χ3v) is 6.42. The van der Waals surface area contributed by atoms with E-state index in [1.54, 1.807) is 0 Å². The molecule has 0 spiro atoms. The molecule has 0 fully saturated rings. The molecule has 0 heterocycles. The molecule has 0 aliphatic heterocycles. The van der Waals surface area contributed by atoms with Gasteiger partial charge in [0.05, 0.1) is 0 Å². The standard InChI is InChI=1S/C30H22/c1-19-8-13-24(20(2)18-19)26-15-10-23-11-16-27-25(21-6-4-3-5-7-21)14-9-22-12-17-28(26)30(23)29(22)27/h3-18H,1-2H3. The van der Waals surface area contributed by atoms with Gasteiger partial charge in [-0.05, 0) is 74.0 Å². The summed E-state index contributed by atoms with van der Waals surface area (Å²) in [5.74, 6) is 0. The lowest BCUT2D eigenvalue weighted by atomic mass is 9.86. The van der Waals surface area contributed by atoms with Gasteiger partial charge in [0.25, 0.3) is 0 Å². The maximum atomic E-state index is 2.31. The van der Waals surface area contributed by atoms with Crippen molar-refractivity contribution in [3.8, 4) is 22.3 Å². The summed E-state index contributed by atoms with van der Waals surface area (Å²) < 4.78 is 0. The quantitative estimate of drug-likeness (QED) is 0.263. The van der Waals surface area contributed by atoms with Crippen LogP contribution in [-0.2, 0) is 0 Å². The molecule has 0 bridgehead atoms. The van der Waals surface area contributed by atoms with Crippen LogP contribution < -0.4 is 0 Å². The van der Waals surface area contributed by atoms with Crippen molar-refractivity contribution in [3.63, 3.8) is 0 Å². The normalized spacial score (nSPS) is 11.7. The molecule has 0 N–H and O–H groups in total. The minimum atomic E-state index is 1.27. The molecule has 0 aromatic heterocycles. The lowest BCUT2D eigenvalue weighted by Gasteiger charge is -2.17. The zero-order valence-electron chi connectivity index (χ0n) is 17.2. The topological polar surface area (TPSA) is 0 Å². The summed E-state index contributed by atoms with van der Waals surface area (Å²) in [7, 11) is 0. The van der Waals surface area contributed by atoms with E-state index in [-0.39, 0.29) is 0 Å². The van der Waals surface area contributed by atoms with E-state index in [1.165, 1.54) is 65.7 Å². The van der Waals surface area contributed by atoms with Crippen LogP contribution in [0.1, 0.15) is 11.1 Å². The highest BCUT2D eigenvalue weighted by molar-refractivity contribution is 6.27. The van der Waals surface area contributed by atoms with Crippen molar-refractivity contribution in [3.05, 3.63) is 108 Å². The Bertz CT molecular complexity index is 1540. The van der Waals surface area contributed by atoms with Crippen LogP contribution in [0.3, 0.4) is 0 Å². The largest absolute Gasteiger partial charge is 0.0622 e. The lowest BCUT2D eigenvalue weighted by molar-refractivity contribution is 1.39. The van der Waals surface area contributed by atoms with Gasteiger partial charge in [-0.2, -0.15) is 0 Å². The van der Waals surface area contributed by atoms with Crippen LogP contribution >= 0.6 is 0 Å². The van der Waals surface area contributed by atoms with Crippen molar-refractivity contribution >= 4 is 32.3 Å². The molecule has 0 heteroatoms. The molecule has 0 nitrogen and oxygen atoms in total. The summed E-state index contributed by atoms with van der Waals surface area (Å²) in [6.45, 7) is 4.37. The zero-order valence-corrected chi connectivity index (χ0v) is 17.2. The first kappa shape index (κ1) is 17.2. The SMILES string of the molecule is Cc1ccc(-c2ccc3ccc4c(-c5ccccc5)ccc5ccc2c3c54)c(C)c1. The summed E-state index contributed by atoms with van der Waals surface area (Å²) in [6, 6.07) is 35.8. The molecule has 0 saturated heterocycles. The highest BCUT2D eigenvalue weighted by Gasteiger charge is 2.15. The molecular formula is C30H22. The fourth-order valence-electron chi connectivity index (χ4n) is 5.02. The van der Waals surface area contributed by atoms with Gasteiger partial charge in [0.2, 0.25) is 0 Å². The lowest BCUT2D eigenvalue weighted by Crippen LogP contribution is -1.91. The molecule has 0 radical (unpaired) electrons. The molecule has 6 aromatic carbocycles. The smallest absolute Gasteiger partial charge is 0.00203 e. The third-order valence-electron chi connectivity index (χ3n) is 6.42. The average Bonchev–Trinajstić information content (AvgIpc) is 2.78. The number of hydrogen-bond acceptors (Lipinski definition) is 0. The summed E-state index contributed by atoms with van der Waals surface area (Å²) in [4.78, 5) is 0. The Kier molecular flexibility index (Phi) is 3.70. The van der Waals surface area contributed by atoms with E-state index in [4.69, 9.17) is 0 Å². The van der Waals surface area contributed by atoms with E-state index in [0.29, 0.717) is 0 Å². The van der Waals surface area contributed by atoms with Gasteiger partial charge in [0.1, 0.15) is 0 Å². The van der Waals surface area contributed by atoms with Crippen LogP contribution in [0, 0.1) is 13.8 Å². The van der Waals surface area contributed by atoms with E-state index >= 15 is 0 Å². The van der Waals surface area contributed by atoms with Gasteiger partial charge in [-0.1, -0.05) is 103 Å². The fourth-order valence-corrected chi connectivity index (χ4v) is 5.02. The van der Waals surface area contributed by atoms with Crippen LogP contribution in [0.25, 0.3) is 54.6 Å². The molecule has 0 unspecified atom stereocenters. The molecule has 6 rings (SSSR count). The fraction of sp³-hybridized carbons (Fsp3) is 0.0667. The van der Waals surface area contributed by atoms with Gasteiger partial charge >= 0.3 is 0 Å². The second-order valence-corrected chi connectivity index (χ2v) is 8.33. The molecular weight excluding hydrogens is 360 g/mol. The van der Waals surface area contributed by atoms with E-state index in [1.807, 2.05) is 0 Å². The predicted molar refractivity (Wildman–Crippen MR) is 130 cm³/mol. The van der Waals surface area contributed by atoms with Gasteiger partial charge in [0.15, 0.2) is 0 Å². The van der Waals surface area contributed by atoms with Crippen molar-refractivity contribution in [1.82, 2.24) is 0 Å². The first-order chi connectivity index (χ1) is 14.7. The third kappa shape index (κ3) is 2.47. The van der Waals surface area contributed by atoms with Crippen LogP contribution in [0.4, 0.5) is 0 Å². The van der Waals surface area contributed by atoms with Crippen LogP contribution in [0.5, 0.6) is 0 Å². The molecule has 0 saturated carbocycles. The Balaban J connectivity index is 1.74. The summed E-state index contributed by atoms with van der Waals surface area (Å²) in [5, 5.41) is 8.03. The number of aryl methyl sites for hydroxylation is 2. The van der Waals surface area contributed by atoms with E-state index < -0.39 is 0 Å². The first-order valence-corrected chi connectivity index (χ1v) is 10.5. The molecule has 0 atom stereocenters. The second-order valence-electron chi connectivity index (χ2n) is 8.33. The predicted octanol–water partition coefficient (Wildman–Crippen LogP) is 8.53. The number of rotatable bonds is 2. The van der Waals surface area contributed by atoms with Crippen molar-refractivity contribution in [2.24, 2.45) is 0 Å². The summed E-state index contributed by atoms with van der Waals surface area (Å²) in [5.41, 5.74) is 7.84. The Morgan fingerprint density at radius 3 is 1.70 bits per heavy atom. The number of hydrogen-bond donors (Lipinski definition) is 0. The number of benzene rings is 6. The van der Waals surface area contributed by atoms with Crippen LogP contribution in [-0.4, -0.2) is 0 Å². The molecule has 142 valence electrons. The van der Waals surface area contributed by atoms with Crippen LogP contribution in [0.2, 0.25) is 0 Å². The molecule has 0 aliphatic carbocycles. The maximum absolute atomic E-state index is 2.31. The van der Waals surface area contributed by atoms with Gasteiger partial charge in [0, 0.05) is 0 Å². The molecule has 0 aliphatic rings. The van der Waals surface area contributed by atoms with E-state index in [9.17, 15) is 0 Å². The van der Waals surface area contributed by atoms with Crippen molar-refractivity contribution in [2.45, 2.75) is 13.8 Å². The molecule has 6 aromatic rings. The van der Waals surface area contributed by atoms with Crippen LogP contribution in [0.15, 0.2) is 97.1 Å². The van der Waals surface area contributed by atoms with Crippen molar-refractivity contribution < 1.29 is 0 Å². The Morgan fingerprint density at radius 2 is 1.03 bits per heavy atom. The Labute approximate surface area is 176 Å². The second kappa shape index (κ2) is 6.43. The highest BCUT2D eigenvalue weighted by Crippen LogP contribution is 2.42. The highest BCUT2D eigenvalue weighted by atomic mass is 14.2. The Morgan fingerprint density at radius 1 is 0.467 bits per heavy atom. The molecule has 30 heavy (non-hydrogen) atoms. The van der Waals surface area contributed by atoms with Gasteiger partial charge in [-0.3, -0.25) is 0 Å². The van der Waals surface area contributed by atoms with Gasteiger partial charge in [-0.15, -0.1) is 0 Å². The van der Waals surface area contributed by atoms with E-state index in [2.05, 4.69) is 111 Å². The van der Waals surface area contributed by atoms with Gasteiger partial charge < -0.3 is 0 Å². The van der Waals surface area contributed by atoms with Gasteiger partial charge in [-0.25, -0.2) is 0 Å². The Hall–Kier alpha value is -3.64. The van der Waals surface area contributed by atoms with Crippen molar-refractivity contribution in [1.29, 1.82) is 0 Å².